The minimum Gasteiger partial charge on any atom is -0.378 e. The molecule has 4 rings (SSSR count). The average Bonchev–Trinajstić information content (AvgIpc) is 3.24. The summed E-state index contributed by atoms with van der Waals surface area (Å²) in [6, 6.07) is 13.5. The first kappa shape index (κ1) is 20.9. The second-order valence-corrected chi connectivity index (χ2v) is 7.54. The van der Waals surface area contributed by atoms with Crippen LogP contribution < -0.4 is 10.2 Å². The fourth-order valence-electron chi connectivity index (χ4n) is 3.69. The van der Waals surface area contributed by atoms with Crippen molar-refractivity contribution in [1.29, 1.82) is 0 Å². The highest BCUT2D eigenvalue weighted by Gasteiger charge is 2.20. The van der Waals surface area contributed by atoms with Crippen molar-refractivity contribution < 1.29 is 14.3 Å². The van der Waals surface area contributed by atoms with Gasteiger partial charge in [-0.25, -0.2) is 4.98 Å². The van der Waals surface area contributed by atoms with Gasteiger partial charge in [-0.2, -0.15) is 0 Å². The summed E-state index contributed by atoms with van der Waals surface area (Å²) < 4.78 is 7.25. The topological polar surface area (TPSA) is 79.2 Å². The summed E-state index contributed by atoms with van der Waals surface area (Å²) in [6.07, 6.45) is 1.72. The number of amides is 2. The highest BCUT2D eigenvalue weighted by Crippen LogP contribution is 2.19. The minimum atomic E-state index is -0.261. The molecule has 0 bridgehead atoms. The zero-order chi connectivity index (χ0) is 21.8. The molecule has 8 heteroatoms. The van der Waals surface area contributed by atoms with Crippen LogP contribution in [0, 0.1) is 6.92 Å². The van der Waals surface area contributed by atoms with Crippen molar-refractivity contribution in [2.75, 3.05) is 49.6 Å². The predicted octanol–water partition coefficient (Wildman–Crippen LogP) is 2.58. The molecule has 3 aromatic rings. The highest BCUT2D eigenvalue weighted by molar-refractivity contribution is 5.98. The Morgan fingerprint density at radius 2 is 1.87 bits per heavy atom. The lowest BCUT2D eigenvalue weighted by molar-refractivity contribution is -0.116. The van der Waals surface area contributed by atoms with Gasteiger partial charge in [0.1, 0.15) is 17.9 Å². The molecule has 0 aliphatic carbocycles. The molecule has 2 aromatic heterocycles. The number of imidazole rings is 1. The number of aromatic nitrogens is 2. The number of aryl methyl sites for hydroxylation is 1. The van der Waals surface area contributed by atoms with Crippen LogP contribution in [0.1, 0.15) is 23.1 Å². The number of nitrogens with zero attached hydrogens (tertiary/aromatic N) is 4. The molecular weight excluding hydrogens is 394 g/mol. The Hall–Kier alpha value is -3.39. The van der Waals surface area contributed by atoms with Gasteiger partial charge in [0.05, 0.1) is 13.2 Å². The van der Waals surface area contributed by atoms with E-state index in [1.165, 1.54) is 4.90 Å². The summed E-state index contributed by atoms with van der Waals surface area (Å²) in [4.78, 5) is 33.7. The molecule has 31 heavy (non-hydrogen) atoms. The number of anilines is 2. The van der Waals surface area contributed by atoms with Crippen LogP contribution in [-0.2, 0) is 9.53 Å². The van der Waals surface area contributed by atoms with Gasteiger partial charge in [0, 0.05) is 42.9 Å². The maximum Gasteiger partial charge on any atom is 0.274 e. The summed E-state index contributed by atoms with van der Waals surface area (Å²) in [5.74, 6) is -0.502. The number of nitrogens with one attached hydrogen (secondary N) is 1. The zero-order valence-electron chi connectivity index (χ0n) is 17.9. The van der Waals surface area contributed by atoms with Crippen LogP contribution in [0.5, 0.6) is 0 Å². The van der Waals surface area contributed by atoms with E-state index in [0.717, 1.165) is 37.7 Å². The highest BCUT2D eigenvalue weighted by atomic mass is 16.5. The minimum absolute atomic E-state index is 0.0343. The van der Waals surface area contributed by atoms with Crippen molar-refractivity contribution in [3.63, 3.8) is 0 Å². The Morgan fingerprint density at radius 1 is 1.13 bits per heavy atom. The van der Waals surface area contributed by atoms with Gasteiger partial charge in [-0.05, 0) is 50.2 Å². The van der Waals surface area contributed by atoms with E-state index in [9.17, 15) is 9.59 Å². The zero-order valence-corrected chi connectivity index (χ0v) is 17.9. The molecular formula is C23H27N5O3. The molecule has 1 fully saturated rings. The molecule has 1 aromatic carbocycles. The lowest BCUT2D eigenvalue weighted by Crippen LogP contribution is -2.38. The fraction of sp³-hybridized carbons (Fsp3) is 0.348. The molecule has 1 aliphatic heterocycles. The van der Waals surface area contributed by atoms with Crippen molar-refractivity contribution >= 4 is 28.8 Å². The number of rotatable bonds is 6. The van der Waals surface area contributed by atoms with Gasteiger partial charge in [-0.1, -0.05) is 6.07 Å². The van der Waals surface area contributed by atoms with Gasteiger partial charge < -0.3 is 24.3 Å². The molecule has 1 saturated heterocycles. The molecule has 1 aliphatic rings. The van der Waals surface area contributed by atoms with Crippen LogP contribution in [0.3, 0.4) is 0 Å². The maximum atomic E-state index is 12.9. The summed E-state index contributed by atoms with van der Waals surface area (Å²) in [7, 11) is 0. The first-order valence-electron chi connectivity index (χ1n) is 10.5. The largest absolute Gasteiger partial charge is 0.378 e. The van der Waals surface area contributed by atoms with Crippen molar-refractivity contribution in [2.24, 2.45) is 0 Å². The van der Waals surface area contributed by atoms with Crippen molar-refractivity contribution in [1.82, 2.24) is 14.3 Å². The molecule has 0 unspecified atom stereocenters. The van der Waals surface area contributed by atoms with Crippen LogP contribution in [0.2, 0.25) is 0 Å². The molecule has 0 saturated carbocycles. The summed E-state index contributed by atoms with van der Waals surface area (Å²) in [5, 5.41) is 2.88. The Kier molecular flexibility index (Phi) is 6.18. The van der Waals surface area contributed by atoms with E-state index in [-0.39, 0.29) is 18.4 Å². The van der Waals surface area contributed by atoms with Gasteiger partial charge in [0.15, 0.2) is 0 Å². The third kappa shape index (κ3) is 4.69. The number of likely N-dealkylation sites (N-methyl/N-ethyl adjacent to an activating group) is 1. The molecule has 0 spiro atoms. The lowest BCUT2D eigenvalue weighted by atomic mass is 10.2. The SMILES string of the molecule is CCN(CC(=O)Nc1ccc(N2CCOCC2)cc1)C(=O)c1cn2c(C)cccc2n1. The summed E-state index contributed by atoms with van der Waals surface area (Å²) in [6.45, 7) is 7.37. The molecule has 1 N–H and O–H groups in total. The van der Waals surface area contributed by atoms with Gasteiger partial charge in [0.25, 0.3) is 5.91 Å². The quantitative estimate of drug-likeness (QED) is 0.662. The number of morpholine rings is 1. The third-order valence-corrected chi connectivity index (χ3v) is 5.45. The van der Waals surface area contributed by atoms with E-state index < -0.39 is 0 Å². The van der Waals surface area contributed by atoms with Crippen molar-refractivity contribution in [3.8, 4) is 0 Å². The van der Waals surface area contributed by atoms with Crippen LogP contribution in [0.15, 0.2) is 48.7 Å². The van der Waals surface area contributed by atoms with Gasteiger partial charge in [-0.3, -0.25) is 9.59 Å². The monoisotopic (exact) mass is 421 g/mol. The second-order valence-electron chi connectivity index (χ2n) is 7.54. The number of ether oxygens (including phenoxy) is 1. The molecule has 0 radical (unpaired) electrons. The van der Waals surface area contributed by atoms with Gasteiger partial charge >= 0.3 is 0 Å². The number of pyridine rings is 1. The van der Waals surface area contributed by atoms with E-state index >= 15 is 0 Å². The third-order valence-electron chi connectivity index (χ3n) is 5.45. The first-order valence-corrected chi connectivity index (χ1v) is 10.5. The summed E-state index contributed by atoms with van der Waals surface area (Å²) in [5.41, 5.74) is 3.84. The smallest absolute Gasteiger partial charge is 0.274 e. The number of hydrogen-bond donors (Lipinski definition) is 1. The first-order chi connectivity index (χ1) is 15.0. The van der Waals surface area contributed by atoms with E-state index in [2.05, 4.69) is 15.2 Å². The number of benzene rings is 1. The van der Waals surface area contributed by atoms with Crippen LogP contribution >= 0.6 is 0 Å². The summed E-state index contributed by atoms with van der Waals surface area (Å²) >= 11 is 0. The normalized spacial score (nSPS) is 13.9. The van der Waals surface area contributed by atoms with E-state index in [1.807, 2.05) is 60.7 Å². The molecule has 0 atom stereocenters. The maximum absolute atomic E-state index is 12.9. The average molecular weight is 422 g/mol. The Balaban J connectivity index is 1.39. The van der Waals surface area contributed by atoms with Gasteiger partial charge in [-0.15, -0.1) is 0 Å². The van der Waals surface area contributed by atoms with Crippen molar-refractivity contribution in [3.05, 3.63) is 60.0 Å². The number of hydrogen-bond acceptors (Lipinski definition) is 5. The number of fused-ring (bicyclic) bond motifs is 1. The standard InChI is InChI=1S/C23H27N5O3/c1-3-26(23(30)20-15-28-17(2)5-4-6-21(28)25-20)16-22(29)24-18-7-9-19(10-8-18)27-11-13-31-14-12-27/h4-10,15H,3,11-14,16H2,1-2H3,(H,24,29). The second kappa shape index (κ2) is 9.18. The predicted molar refractivity (Wildman–Crippen MR) is 120 cm³/mol. The van der Waals surface area contributed by atoms with E-state index in [0.29, 0.717) is 23.6 Å². The van der Waals surface area contributed by atoms with Crippen LogP contribution in [0.4, 0.5) is 11.4 Å². The van der Waals surface area contributed by atoms with Crippen LogP contribution in [0.25, 0.3) is 5.65 Å². The molecule has 3 heterocycles. The lowest BCUT2D eigenvalue weighted by Gasteiger charge is -2.29. The molecule has 162 valence electrons. The number of carbonyl (C=O) groups excluding carboxylic acids is 2. The Bertz CT molecular complexity index is 1070. The van der Waals surface area contributed by atoms with Crippen LogP contribution in [-0.4, -0.2) is 65.5 Å². The fourth-order valence-corrected chi connectivity index (χ4v) is 3.69. The Morgan fingerprint density at radius 3 is 2.55 bits per heavy atom. The molecule has 2 amide bonds. The van der Waals surface area contributed by atoms with E-state index in [1.54, 1.807) is 6.20 Å². The van der Waals surface area contributed by atoms with E-state index in [4.69, 9.17) is 4.74 Å². The Labute approximate surface area is 181 Å². The van der Waals surface area contributed by atoms with Crippen molar-refractivity contribution in [2.45, 2.75) is 13.8 Å². The van der Waals surface area contributed by atoms with Gasteiger partial charge in [0.2, 0.25) is 5.91 Å². The number of carbonyl (C=O) groups is 2. The molecule has 8 nitrogen and oxygen atoms in total.